The first-order valence-electron chi connectivity index (χ1n) is 9.77. The van der Waals surface area contributed by atoms with Crippen LogP contribution in [0.2, 0.25) is 0 Å². The lowest BCUT2D eigenvalue weighted by molar-refractivity contribution is 0.229. The van der Waals surface area contributed by atoms with Crippen molar-refractivity contribution >= 4 is 29.9 Å². The lowest BCUT2D eigenvalue weighted by Gasteiger charge is -2.28. The Hall–Kier alpha value is -2.16. The second-order valence-electron chi connectivity index (χ2n) is 6.70. The van der Waals surface area contributed by atoms with Gasteiger partial charge in [0.25, 0.3) is 0 Å². The molecule has 2 N–H and O–H groups in total. The predicted octanol–water partition coefficient (Wildman–Crippen LogP) is 4.16. The fraction of sp³-hybridized carbons (Fsp3) is 0.409. The number of nitrogens with zero attached hydrogens (tertiary/aromatic N) is 1. The van der Waals surface area contributed by atoms with Crippen LogP contribution in [0.3, 0.4) is 0 Å². The first kappa shape index (κ1) is 23.1. The number of hydrogen-bond acceptors (Lipinski definition) is 4. The van der Waals surface area contributed by atoms with E-state index in [0.29, 0.717) is 13.2 Å². The van der Waals surface area contributed by atoms with Gasteiger partial charge in [-0.3, -0.25) is 0 Å². The summed E-state index contributed by atoms with van der Waals surface area (Å²) in [7, 11) is 1.65. The standard InChI is InChI=1S/C22H29N3O3.HI/c1-4-23-22(25-20-13-14-27-21-8-6-5-7-19(20)21)24-15-16(2)28-18-11-9-17(26-3)10-12-18;/h5-12,16,20H,4,13-15H2,1-3H3,(H2,23,24,25);1H. The smallest absolute Gasteiger partial charge is 0.191 e. The van der Waals surface area contributed by atoms with Crippen molar-refractivity contribution < 1.29 is 14.2 Å². The Kier molecular flexibility index (Phi) is 9.37. The van der Waals surface area contributed by atoms with Crippen LogP contribution in [-0.4, -0.2) is 38.9 Å². The third-order valence-electron chi connectivity index (χ3n) is 4.52. The number of fused-ring (bicyclic) bond motifs is 1. The van der Waals surface area contributed by atoms with Gasteiger partial charge >= 0.3 is 0 Å². The molecule has 0 radical (unpaired) electrons. The molecule has 29 heavy (non-hydrogen) atoms. The maximum atomic E-state index is 5.95. The average Bonchev–Trinajstić information content (AvgIpc) is 2.73. The summed E-state index contributed by atoms with van der Waals surface area (Å²) in [6.45, 7) is 6.12. The first-order chi connectivity index (χ1) is 13.7. The number of halogens is 1. The molecule has 0 aliphatic carbocycles. The molecule has 0 saturated heterocycles. The number of para-hydroxylation sites is 1. The molecule has 158 valence electrons. The maximum Gasteiger partial charge on any atom is 0.191 e. The molecule has 0 aromatic heterocycles. The van der Waals surface area contributed by atoms with E-state index < -0.39 is 0 Å². The van der Waals surface area contributed by atoms with E-state index in [1.807, 2.05) is 49.4 Å². The van der Waals surface area contributed by atoms with Crippen LogP contribution >= 0.6 is 24.0 Å². The van der Waals surface area contributed by atoms with E-state index in [2.05, 4.69) is 23.6 Å². The Morgan fingerprint density at radius 1 is 1.17 bits per heavy atom. The highest BCUT2D eigenvalue weighted by Crippen LogP contribution is 2.31. The second kappa shape index (κ2) is 11.7. The van der Waals surface area contributed by atoms with E-state index in [4.69, 9.17) is 19.2 Å². The molecule has 0 spiro atoms. The Morgan fingerprint density at radius 3 is 2.62 bits per heavy atom. The van der Waals surface area contributed by atoms with Crippen LogP contribution in [0.25, 0.3) is 0 Å². The van der Waals surface area contributed by atoms with Crippen LogP contribution < -0.4 is 24.8 Å². The van der Waals surface area contributed by atoms with Gasteiger partial charge in [0, 0.05) is 18.5 Å². The van der Waals surface area contributed by atoms with Crippen LogP contribution in [-0.2, 0) is 0 Å². The van der Waals surface area contributed by atoms with E-state index in [9.17, 15) is 0 Å². The minimum atomic E-state index is -0.0502. The van der Waals surface area contributed by atoms with Gasteiger partial charge in [-0.15, -0.1) is 24.0 Å². The zero-order valence-electron chi connectivity index (χ0n) is 17.2. The molecule has 6 nitrogen and oxygen atoms in total. The number of benzene rings is 2. The van der Waals surface area contributed by atoms with E-state index in [0.717, 1.165) is 36.2 Å². The van der Waals surface area contributed by atoms with Gasteiger partial charge in [0.15, 0.2) is 5.96 Å². The van der Waals surface area contributed by atoms with Crippen LogP contribution in [0.1, 0.15) is 31.9 Å². The average molecular weight is 511 g/mol. The number of nitrogens with one attached hydrogen (secondary N) is 2. The van der Waals surface area contributed by atoms with Crippen molar-refractivity contribution in [1.29, 1.82) is 0 Å². The molecule has 0 fully saturated rings. The Bertz CT molecular complexity index is 783. The molecule has 7 heteroatoms. The van der Waals surface area contributed by atoms with E-state index in [-0.39, 0.29) is 36.1 Å². The van der Waals surface area contributed by atoms with Crippen LogP contribution in [0, 0.1) is 0 Å². The van der Waals surface area contributed by atoms with Gasteiger partial charge in [0.2, 0.25) is 0 Å². The van der Waals surface area contributed by atoms with E-state index in [1.54, 1.807) is 7.11 Å². The lowest BCUT2D eigenvalue weighted by Crippen LogP contribution is -2.41. The summed E-state index contributed by atoms with van der Waals surface area (Å²) in [5, 5.41) is 6.86. The number of methoxy groups -OCH3 is 1. The van der Waals surface area contributed by atoms with Gasteiger partial charge in [-0.2, -0.15) is 0 Å². The summed E-state index contributed by atoms with van der Waals surface area (Å²) in [5.74, 6) is 3.35. The van der Waals surface area contributed by atoms with Gasteiger partial charge < -0.3 is 24.8 Å². The van der Waals surface area contributed by atoms with Crippen LogP contribution in [0.15, 0.2) is 53.5 Å². The summed E-state index contributed by atoms with van der Waals surface area (Å²) in [6.07, 6.45) is 0.852. The monoisotopic (exact) mass is 511 g/mol. The number of aliphatic imine (C=N–C) groups is 1. The SMILES string of the molecule is CCNC(=NCC(C)Oc1ccc(OC)cc1)NC1CCOc2ccccc21.I. The molecule has 3 rings (SSSR count). The van der Waals surface area contributed by atoms with E-state index in [1.165, 1.54) is 5.56 Å². The zero-order valence-corrected chi connectivity index (χ0v) is 19.5. The van der Waals surface area contributed by atoms with E-state index >= 15 is 0 Å². The minimum Gasteiger partial charge on any atom is -0.497 e. The summed E-state index contributed by atoms with van der Waals surface area (Å²) in [6, 6.07) is 15.9. The number of rotatable bonds is 7. The maximum absolute atomic E-state index is 5.95. The summed E-state index contributed by atoms with van der Waals surface area (Å²) >= 11 is 0. The number of ether oxygens (including phenoxy) is 3. The molecule has 0 amide bonds. The second-order valence-corrected chi connectivity index (χ2v) is 6.70. The highest BCUT2D eigenvalue weighted by molar-refractivity contribution is 14.0. The predicted molar refractivity (Wildman–Crippen MR) is 127 cm³/mol. The van der Waals surface area contributed by atoms with Gasteiger partial charge in [-0.05, 0) is 44.2 Å². The Labute approximate surface area is 190 Å². The molecule has 1 aliphatic heterocycles. The van der Waals surface area contributed by atoms with Crippen molar-refractivity contribution in [2.75, 3.05) is 26.8 Å². The van der Waals surface area contributed by atoms with Gasteiger partial charge in [0.1, 0.15) is 23.4 Å². The topological polar surface area (TPSA) is 64.1 Å². The molecular weight excluding hydrogens is 481 g/mol. The fourth-order valence-corrected chi connectivity index (χ4v) is 3.12. The molecule has 2 aromatic carbocycles. The van der Waals surface area contributed by atoms with Crippen molar-refractivity contribution in [3.8, 4) is 17.2 Å². The molecule has 2 aromatic rings. The van der Waals surface area contributed by atoms with Crippen LogP contribution in [0.4, 0.5) is 0 Å². The van der Waals surface area contributed by atoms with Crippen LogP contribution in [0.5, 0.6) is 17.2 Å². The Balaban J connectivity index is 0.00000300. The molecule has 1 heterocycles. The zero-order chi connectivity index (χ0) is 19.8. The molecular formula is C22H30IN3O3. The summed E-state index contributed by atoms with van der Waals surface area (Å²) in [4.78, 5) is 4.71. The third-order valence-corrected chi connectivity index (χ3v) is 4.52. The van der Waals surface area contributed by atoms with Gasteiger partial charge in [-0.25, -0.2) is 4.99 Å². The largest absolute Gasteiger partial charge is 0.497 e. The lowest BCUT2D eigenvalue weighted by atomic mass is 10.0. The highest BCUT2D eigenvalue weighted by Gasteiger charge is 2.21. The van der Waals surface area contributed by atoms with Crippen molar-refractivity contribution in [2.45, 2.75) is 32.4 Å². The summed E-state index contributed by atoms with van der Waals surface area (Å²) in [5.41, 5.74) is 1.17. The van der Waals surface area contributed by atoms with Gasteiger partial charge in [0.05, 0.1) is 26.3 Å². The Morgan fingerprint density at radius 2 is 1.90 bits per heavy atom. The van der Waals surface area contributed by atoms with Crippen molar-refractivity contribution in [2.24, 2.45) is 4.99 Å². The van der Waals surface area contributed by atoms with Crippen molar-refractivity contribution in [1.82, 2.24) is 10.6 Å². The molecule has 1 aliphatic rings. The number of hydrogen-bond donors (Lipinski definition) is 2. The molecule has 2 unspecified atom stereocenters. The normalized spacial score (nSPS) is 16.5. The molecule has 0 saturated carbocycles. The van der Waals surface area contributed by atoms with Crippen molar-refractivity contribution in [3.05, 3.63) is 54.1 Å². The summed E-state index contributed by atoms with van der Waals surface area (Å²) < 4.78 is 16.9. The van der Waals surface area contributed by atoms with Gasteiger partial charge in [-0.1, -0.05) is 18.2 Å². The number of guanidine groups is 1. The first-order valence-corrected chi connectivity index (χ1v) is 9.77. The molecule has 0 bridgehead atoms. The van der Waals surface area contributed by atoms with Crippen molar-refractivity contribution in [3.63, 3.8) is 0 Å². The minimum absolute atomic E-state index is 0. The highest BCUT2D eigenvalue weighted by atomic mass is 127. The molecule has 2 atom stereocenters. The fourth-order valence-electron chi connectivity index (χ4n) is 3.12. The quantitative estimate of drug-likeness (QED) is 0.332. The third kappa shape index (κ3) is 6.69.